The van der Waals surface area contributed by atoms with Crippen LogP contribution in [0.1, 0.15) is 15.9 Å². The maximum absolute atomic E-state index is 12.6. The first-order valence-electron chi connectivity index (χ1n) is 8.66. The molecule has 5 nitrogen and oxygen atoms in total. The molecule has 156 valence electrons. The van der Waals surface area contributed by atoms with E-state index in [1.165, 1.54) is 24.3 Å². The lowest BCUT2D eigenvalue weighted by Gasteiger charge is -2.11. The van der Waals surface area contributed by atoms with Gasteiger partial charge in [0.25, 0.3) is 10.0 Å². The van der Waals surface area contributed by atoms with Crippen molar-refractivity contribution in [2.24, 2.45) is 0 Å². The molecule has 0 aliphatic rings. The molecule has 0 bridgehead atoms. The SMILES string of the molecule is O=C(COc1ccc(NS(=O)(=O)c2ccc(C(F)(F)F)cc2)cc1)c1ccccc1. The van der Waals surface area contributed by atoms with Crippen molar-refractivity contribution in [3.05, 3.63) is 90.0 Å². The van der Waals surface area contributed by atoms with Crippen LogP contribution >= 0.6 is 0 Å². The number of alkyl halides is 3. The average molecular weight is 435 g/mol. The Labute approximate surface area is 171 Å². The summed E-state index contributed by atoms with van der Waals surface area (Å²) in [5.74, 6) is 0.152. The van der Waals surface area contributed by atoms with Gasteiger partial charge >= 0.3 is 6.18 Å². The van der Waals surface area contributed by atoms with E-state index in [0.29, 0.717) is 23.4 Å². The van der Waals surface area contributed by atoms with Crippen LogP contribution in [0.4, 0.5) is 18.9 Å². The van der Waals surface area contributed by atoms with Gasteiger partial charge in [0.05, 0.1) is 10.5 Å². The van der Waals surface area contributed by atoms with Gasteiger partial charge in [-0.25, -0.2) is 8.42 Å². The molecule has 0 heterocycles. The van der Waals surface area contributed by atoms with E-state index in [1.807, 2.05) is 0 Å². The third-order valence-electron chi connectivity index (χ3n) is 4.06. The van der Waals surface area contributed by atoms with E-state index in [0.717, 1.165) is 12.1 Å². The molecule has 0 aliphatic heterocycles. The van der Waals surface area contributed by atoms with Crippen molar-refractivity contribution in [2.75, 3.05) is 11.3 Å². The van der Waals surface area contributed by atoms with Gasteiger partial charge in [0.2, 0.25) is 0 Å². The van der Waals surface area contributed by atoms with Crippen molar-refractivity contribution in [3.63, 3.8) is 0 Å². The molecule has 0 radical (unpaired) electrons. The predicted molar refractivity (Wildman–Crippen MR) is 105 cm³/mol. The van der Waals surface area contributed by atoms with Gasteiger partial charge in [0.15, 0.2) is 12.4 Å². The molecule has 0 atom stereocenters. The highest BCUT2D eigenvalue weighted by Gasteiger charge is 2.30. The number of carbonyl (C=O) groups excluding carboxylic acids is 1. The molecule has 0 aromatic heterocycles. The van der Waals surface area contributed by atoms with Gasteiger partial charge < -0.3 is 4.74 Å². The van der Waals surface area contributed by atoms with Crippen LogP contribution in [0.25, 0.3) is 0 Å². The van der Waals surface area contributed by atoms with Gasteiger partial charge in [-0.3, -0.25) is 9.52 Å². The topological polar surface area (TPSA) is 72.5 Å². The van der Waals surface area contributed by atoms with Crippen LogP contribution in [0.5, 0.6) is 5.75 Å². The minimum absolute atomic E-state index is 0.180. The molecular formula is C21H16F3NO4S. The van der Waals surface area contributed by atoms with Gasteiger partial charge in [-0.1, -0.05) is 30.3 Å². The van der Waals surface area contributed by atoms with Gasteiger partial charge in [-0.15, -0.1) is 0 Å². The first-order chi connectivity index (χ1) is 14.1. The first kappa shape index (κ1) is 21.4. The molecular weight excluding hydrogens is 419 g/mol. The molecule has 0 aliphatic carbocycles. The number of hydrogen-bond donors (Lipinski definition) is 1. The summed E-state index contributed by atoms with van der Waals surface area (Å²) in [6.07, 6.45) is -4.55. The van der Waals surface area contributed by atoms with Crippen LogP contribution in [-0.2, 0) is 16.2 Å². The van der Waals surface area contributed by atoms with Crippen molar-refractivity contribution in [2.45, 2.75) is 11.1 Å². The summed E-state index contributed by atoms with van der Waals surface area (Å²) in [7, 11) is -4.06. The number of Topliss-reactive ketones (excluding diaryl/α,β-unsaturated/α-hetero) is 1. The van der Waals surface area contributed by atoms with Gasteiger partial charge in [0.1, 0.15) is 5.75 Å². The molecule has 3 aromatic rings. The zero-order valence-electron chi connectivity index (χ0n) is 15.4. The third-order valence-corrected chi connectivity index (χ3v) is 5.46. The fourth-order valence-electron chi connectivity index (χ4n) is 2.51. The van der Waals surface area contributed by atoms with E-state index in [1.54, 1.807) is 30.3 Å². The molecule has 3 aromatic carbocycles. The standard InChI is InChI=1S/C21H16F3NO4S/c22-21(23,24)16-6-12-19(13-7-16)30(27,28)25-17-8-10-18(11-9-17)29-14-20(26)15-4-2-1-3-5-15/h1-13,25H,14H2. The summed E-state index contributed by atoms with van der Waals surface area (Å²) in [5.41, 5.74) is -0.233. The minimum Gasteiger partial charge on any atom is -0.485 e. The van der Waals surface area contributed by atoms with Crippen molar-refractivity contribution in [1.29, 1.82) is 0 Å². The number of benzene rings is 3. The number of halogens is 3. The van der Waals surface area contributed by atoms with Crippen molar-refractivity contribution in [1.82, 2.24) is 0 Å². The molecule has 0 saturated carbocycles. The first-order valence-corrected chi connectivity index (χ1v) is 10.1. The summed E-state index contributed by atoms with van der Waals surface area (Å²) in [4.78, 5) is 11.7. The Balaban J connectivity index is 1.62. The quantitative estimate of drug-likeness (QED) is 0.543. The maximum atomic E-state index is 12.6. The molecule has 0 amide bonds. The lowest BCUT2D eigenvalue weighted by atomic mass is 10.1. The number of ketones is 1. The van der Waals surface area contributed by atoms with E-state index >= 15 is 0 Å². The van der Waals surface area contributed by atoms with Crippen LogP contribution in [0.3, 0.4) is 0 Å². The van der Waals surface area contributed by atoms with E-state index < -0.39 is 21.8 Å². The van der Waals surface area contributed by atoms with Crippen LogP contribution in [0.2, 0.25) is 0 Å². The Morgan fingerprint density at radius 1 is 0.867 bits per heavy atom. The number of sulfonamides is 1. The number of rotatable bonds is 7. The van der Waals surface area contributed by atoms with Crippen molar-refractivity contribution in [3.8, 4) is 5.75 Å². The largest absolute Gasteiger partial charge is 0.485 e. The second kappa shape index (κ2) is 8.58. The summed E-state index contributed by atoms with van der Waals surface area (Å²) in [5, 5.41) is 0. The Morgan fingerprint density at radius 3 is 2.03 bits per heavy atom. The Morgan fingerprint density at radius 2 is 1.47 bits per heavy atom. The lowest BCUT2D eigenvalue weighted by Crippen LogP contribution is -2.14. The zero-order chi connectivity index (χ0) is 21.8. The van der Waals surface area contributed by atoms with Crippen LogP contribution < -0.4 is 9.46 Å². The predicted octanol–water partition coefficient (Wildman–Crippen LogP) is 4.77. The minimum atomic E-state index is -4.55. The normalized spacial score (nSPS) is 11.7. The van der Waals surface area contributed by atoms with Gasteiger partial charge in [0, 0.05) is 11.3 Å². The monoisotopic (exact) mass is 435 g/mol. The molecule has 0 saturated heterocycles. The van der Waals surface area contributed by atoms with E-state index in [9.17, 15) is 26.4 Å². The maximum Gasteiger partial charge on any atom is 0.416 e. The molecule has 1 N–H and O–H groups in total. The second-order valence-corrected chi connectivity index (χ2v) is 7.91. The number of nitrogens with one attached hydrogen (secondary N) is 1. The van der Waals surface area contributed by atoms with E-state index in [-0.39, 0.29) is 23.0 Å². The lowest BCUT2D eigenvalue weighted by molar-refractivity contribution is -0.137. The van der Waals surface area contributed by atoms with Gasteiger partial charge in [-0.05, 0) is 48.5 Å². The highest BCUT2D eigenvalue weighted by Crippen LogP contribution is 2.30. The summed E-state index contributed by atoms with van der Waals surface area (Å²) < 4.78 is 70.2. The highest BCUT2D eigenvalue weighted by atomic mass is 32.2. The Bertz CT molecular complexity index is 1110. The Kier molecular flexibility index (Phi) is 6.12. The molecule has 0 fully saturated rings. The van der Waals surface area contributed by atoms with Crippen molar-refractivity contribution < 1.29 is 31.1 Å². The van der Waals surface area contributed by atoms with E-state index in [2.05, 4.69) is 4.72 Å². The van der Waals surface area contributed by atoms with Crippen LogP contribution in [0, 0.1) is 0 Å². The molecule has 9 heteroatoms. The highest BCUT2D eigenvalue weighted by molar-refractivity contribution is 7.92. The smallest absolute Gasteiger partial charge is 0.416 e. The number of carbonyl (C=O) groups is 1. The molecule has 0 unspecified atom stereocenters. The third kappa shape index (κ3) is 5.38. The summed E-state index contributed by atoms with van der Waals surface area (Å²) in [6, 6.07) is 17.6. The Hall–Kier alpha value is -3.33. The molecule has 0 spiro atoms. The fraction of sp³-hybridized carbons (Fsp3) is 0.0952. The van der Waals surface area contributed by atoms with E-state index in [4.69, 9.17) is 4.74 Å². The second-order valence-electron chi connectivity index (χ2n) is 6.23. The number of ether oxygens (including phenoxy) is 1. The number of anilines is 1. The molecule has 3 rings (SSSR count). The zero-order valence-corrected chi connectivity index (χ0v) is 16.2. The fourth-order valence-corrected chi connectivity index (χ4v) is 3.57. The van der Waals surface area contributed by atoms with Crippen LogP contribution in [-0.4, -0.2) is 20.8 Å². The van der Waals surface area contributed by atoms with Crippen LogP contribution in [0.15, 0.2) is 83.8 Å². The van der Waals surface area contributed by atoms with Crippen molar-refractivity contribution >= 4 is 21.5 Å². The van der Waals surface area contributed by atoms with Gasteiger partial charge in [-0.2, -0.15) is 13.2 Å². The number of hydrogen-bond acceptors (Lipinski definition) is 4. The molecule has 30 heavy (non-hydrogen) atoms. The summed E-state index contributed by atoms with van der Waals surface area (Å²) in [6.45, 7) is -0.180. The average Bonchev–Trinajstić information content (AvgIpc) is 2.73. The summed E-state index contributed by atoms with van der Waals surface area (Å²) >= 11 is 0.